The predicted octanol–water partition coefficient (Wildman–Crippen LogP) is -0.778. The molecule has 0 aliphatic carbocycles. The molecule has 0 aromatic heterocycles. The normalized spacial score (nSPS) is 21.7. The smallest absolute Gasteiger partial charge is 0.236 e. The number of hydrogen-bond donors (Lipinski definition) is 1. The maximum atomic E-state index is 11.5. The average Bonchev–Trinajstić information content (AvgIpc) is 2.29. The summed E-state index contributed by atoms with van der Waals surface area (Å²) < 4.78 is 5.10. The summed E-state index contributed by atoms with van der Waals surface area (Å²) in [5.74, 6) is 0.207. The lowest BCUT2D eigenvalue weighted by Gasteiger charge is -2.30. The van der Waals surface area contributed by atoms with Crippen molar-refractivity contribution in [3.05, 3.63) is 12.5 Å². The number of piperazine rings is 1. The summed E-state index contributed by atoms with van der Waals surface area (Å²) in [4.78, 5) is 15.6. The van der Waals surface area contributed by atoms with E-state index < -0.39 is 0 Å². The van der Waals surface area contributed by atoms with Gasteiger partial charge in [-0.1, -0.05) is 0 Å². The number of nitrogens with one attached hydrogen (secondary N) is 1. The Morgan fingerprint density at radius 2 is 2.33 bits per heavy atom. The first kappa shape index (κ1) is 10.3. The van der Waals surface area contributed by atoms with Crippen LogP contribution in [0.1, 0.15) is 0 Å². The molecule has 0 spiro atoms. The lowest BCUT2D eigenvalue weighted by Crippen LogP contribution is -2.50. The van der Waals surface area contributed by atoms with Gasteiger partial charge in [-0.3, -0.25) is 4.79 Å². The van der Waals surface area contributed by atoms with Crippen LogP contribution in [0.25, 0.3) is 0 Å². The number of amides is 1. The molecule has 0 bridgehead atoms. The van der Waals surface area contributed by atoms with Crippen LogP contribution in [0.2, 0.25) is 0 Å². The molecule has 2 rings (SSSR count). The maximum Gasteiger partial charge on any atom is 0.236 e. The number of carbonyl (C=O) groups excluding carboxylic acids is 1. The van der Waals surface area contributed by atoms with Gasteiger partial charge in [-0.05, 0) is 0 Å². The number of ether oxygens (including phenoxy) is 1. The third-order valence-corrected chi connectivity index (χ3v) is 2.71. The van der Waals surface area contributed by atoms with Crippen molar-refractivity contribution in [2.75, 3.05) is 45.9 Å². The standard InChI is InChI=1S/C10H17N3O2/c14-10-9-11-1-2-13(10)4-3-12-5-7-15-8-6-12/h5,7,11H,1-4,6,8-9H2. The van der Waals surface area contributed by atoms with Crippen molar-refractivity contribution in [1.29, 1.82) is 0 Å². The first-order chi connectivity index (χ1) is 7.36. The zero-order chi connectivity index (χ0) is 10.5. The van der Waals surface area contributed by atoms with Gasteiger partial charge in [0.2, 0.25) is 5.91 Å². The topological polar surface area (TPSA) is 44.8 Å². The van der Waals surface area contributed by atoms with E-state index in [0.717, 1.165) is 39.3 Å². The Bertz CT molecular complexity index is 255. The van der Waals surface area contributed by atoms with E-state index in [2.05, 4.69) is 10.2 Å². The van der Waals surface area contributed by atoms with Crippen LogP contribution in [0.3, 0.4) is 0 Å². The van der Waals surface area contributed by atoms with E-state index in [9.17, 15) is 4.79 Å². The van der Waals surface area contributed by atoms with Crippen molar-refractivity contribution in [3.63, 3.8) is 0 Å². The molecule has 2 heterocycles. The summed E-state index contributed by atoms with van der Waals surface area (Å²) in [6, 6.07) is 0. The number of hydrogen-bond acceptors (Lipinski definition) is 4. The van der Waals surface area contributed by atoms with Gasteiger partial charge in [0.15, 0.2) is 0 Å². The summed E-state index contributed by atoms with van der Waals surface area (Å²) in [7, 11) is 0. The predicted molar refractivity (Wildman–Crippen MR) is 56.1 cm³/mol. The fourth-order valence-corrected chi connectivity index (χ4v) is 1.76. The maximum absolute atomic E-state index is 11.5. The van der Waals surface area contributed by atoms with Crippen LogP contribution in [-0.4, -0.2) is 61.6 Å². The van der Waals surface area contributed by atoms with Gasteiger partial charge in [-0.25, -0.2) is 0 Å². The molecule has 0 aromatic rings. The second kappa shape index (κ2) is 5.02. The van der Waals surface area contributed by atoms with E-state index in [1.165, 1.54) is 0 Å². The summed E-state index contributed by atoms with van der Waals surface area (Å²) >= 11 is 0. The molecule has 84 valence electrons. The van der Waals surface area contributed by atoms with Gasteiger partial charge in [0.25, 0.3) is 0 Å². The molecule has 1 amide bonds. The minimum absolute atomic E-state index is 0.207. The highest BCUT2D eigenvalue weighted by Crippen LogP contribution is 2.00. The molecular formula is C10H17N3O2. The van der Waals surface area contributed by atoms with Crippen LogP contribution < -0.4 is 5.32 Å². The third-order valence-electron chi connectivity index (χ3n) is 2.71. The lowest BCUT2D eigenvalue weighted by molar-refractivity contribution is -0.132. The van der Waals surface area contributed by atoms with Crippen molar-refractivity contribution in [3.8, 4) is 0 Å². The minimum Gasteiger partial charge on any atom is -0.498 e. The van der Waals surface area contributed by atoms with Crippen molar-refractivity contribution in [2.45, 2.75) is 0 Å². The van der Waals surface area contributed by atoms with Crippen LogP contribution in [-0.2, 0) is 9.53 Å². The third kappa shape index (κ3) is 2.86. The van der Waals surface area contributed by atoms with Gasteiger partial charge in [0.1, 0.15) is 6.61 Å². The van der Waals surface area contributed by atoms with Crippen LogP contribution >= 0.6 is 0 Å². The van der Waals surface area contributed by atoms with Crippen LogP contribution in [0.5, 0.6) is 0 Å². The monoisotopic (exact) mass is 211 g/mol. The van der Waals surface area contributed by atoms with Gasteiger partial charge in [0, 0.05) is 32.4 Å². The Morgan fingerprint density at radius 1 is 1.40 bits per heavy atom. The SMILES string of the molecule is O=C1CNCCN1CCN1C=COCC1. The van der Waals surface area contributed by atoms with E-state index >= 15 is 0 Å². The van der Waals surface area contributed by atoms with Crippen molar-refractivity contribution >= 4 is 5.91 Å². The van der Waals surface area contributed by atoms with E-state index in [4.69, 9.17) is 4.74 Å². The Kier molecular flexibility index (Phi) is 3.45. The summed E-state index contributed by atoms with van der Waals surface area (Å²) in [6.07, 6.45) is 3.65. The highest BCUT2D eigenvalue weighted by Gasteiger charge is 2.17. The fourth-order valence-electron chi connectivity index (χ4n) is 1.76. The van der Waals surface area contributed by atoms with Crippen LogP contribution in [0.4, 0.5) is 0 Å². The molecule has 5 heteroatoms. The first-order valence-electron chi connectivity index (χ1n) is 5.37. The van der Waals surface area contributed by atoms with E-state index in [0.29, 0.717) is 6.54 Å². The molecular weight excluding hydrogens is 194 g/mol. The number of rotatable bonds is 3. The fraction of sp³-hybridized carbons (Fsp3) is 0.700. The molecule has 0 atom stereocenters. The Balaban J connectivity index is 1.74. The molecule has 15 heavy (non-hydrogen) atoms. The molecule has 1 fully saturated rings. The molecule has 1 N–H and O–H groups in total. The summed E-state index contributed by atoms with van der Waals surface area (Å²) in [6.45, 7) is 5.58. The Morgan fingerprint density at radius 3 is 3.07 bits per heavy atom. The molecule has 0 unspecified atom stereocenters. The molecule has 0 radical (unpaired) electrons. The van der Waals surface area contributed by atoms with Crippen molar-refractivity contribution in [1.82, 2.24) is 15.1 Å². The average molecular weight is 211 g/mol. The first-order valence-corrected chi connectivity index (χ1v) is 5.37. The summed E-state index contributed by atoms with van der Waals surface area (Å²) in [5, 5.41) is 3.06. The zero-order valence-electron chi connectivity index (χ0n) is 8.82. The van der Waals surface area contributed by atoms with Crippen molar-refractivity contribution in [2.24, 2.45) is 0 Å². The van der Waals surface area contributed by atoms with Gasteiger partial charge in [0.05, 0.1) is 19.4 Å². The van der Waals surface area contributed by atoms with Crippen molar-refractivity contribution < 1.29 is 9.53 Å². The van der Waals surface area contributed by atoms with E-state index in [1.807, 2.05) is 11.1 Å². The largest absolute Gasteiger partial charge is 0.498 e. The van der Waals surface area contributed by atoms with E-state index in [-0.39, 0.29) is 5.91 Å². The quantitative estimate of drug-likeness (QED) is 0.665. The van der Waals surface area contributed by atoms with Gasteiger partial charge in [-0.2, -0.15) is 0 Å². The zero-order valence-corrected chi connectivity index (χ0v) is 8.82. The Hall–Kier alpha value is -1.23. The molecule has 1 saturated heterocycles. The number of carbonyl (C=O) groups is 1. The second-order valence-corrected chi connectivity index (χ2v) is 3.75. The van der Waals surface area contributed by atoms with Gasteiger partial charge in [-0.15, -0.1) is 0 Å². The molecule has 5 nitrogen and oxygen atoms in total. The Labute approximate surface area is 89.7 Å². The molecule has 0 aromatic carbocycles. The van der Waals surface area contributed by atoms with Gasteiger partial charge < -0.3 is 19.9 Å². The highest BCUT2D eigenvalue weighted by atomic mass is 16.5. The molecule has 2 aliphatic heterocycles. The molecule has 0 saturated carbocycles. The number of nitrogens with zero attached hydrogens (tertiary/aromatic N) is 2. The van der Waals surface area contributed by atoms with Crippen LogP contribution in [0, 0.1) is 0 Å². The second-order valence-electron chi connectivity index (χ2n) is 3.75. The molecule has 2 aliphatic rings. The minimum atomic E-state index is 0.207. The van der Waals surface area contributed by atoms with Crippen LogP contribution in [0.15, 0.2) is 12.5 Å². The highest BCUT2D eigenvalue weighted by molar-refractivity contribution is 5.78. The van der Waals surface area contributed by atoms with E-state index in [1.54, 1.807) is 6.26 Å². The lowest BCUT2D eigenvalue weighted by atomic mass is 10.3. The van der Waals surface area contributed by atoms with Gasteiger partial charge >= 0.3 is 0 Å². The summed E-state index contributed by atoms with van der Waals surface area (Å²) in [5.41, 5.74) is 0.